The average Bonchev–Trinajstić information content (AvgIpc) is 2.59. The summed E-state index contributed by atoms with van der Waals surface area (Å²) >= 11 is 0. The van der Waals surface area contributed by atoms with Crippen molar-refractivity contribution >= 4 is 5.97 Å². The molecular weight excluding hydrogens is 212 g/mol. The first-order chi connectivity index (χ1) is 7.61. The quantitative estimate of drug-likeness (QED) is 0.733. The molecule has 0 bridgehead atoms. The minimum absolute atomic E-state index is 0.0325. The van der Waals surface area contributed by atoms with E-state index in [4.69, 9.17) is 14.4 Å². The number of carboxylic acid groups (broad SMARTS) is 1. The summed E-state index contributed by atoms with van der Waals surface area (Å²) in [6.07, 6.45) is 0. The Hall–Kier alpha value is -1.40. The van der Waals surface area contributed by atoms with E-state index in [1.807, 2.05) is 0 Å². The van der Waals surface area contributed by atoms with Gasteiger partial charge in [0.05, 0.1) is 18.8 Å². The molecule has 0 saturated carbocycles. The van der Waals surface area contributed by atoms with Crippen LogP contribution in [0.15, 0.2) is 10.6 Å². The van der Waals surface area contributed by atoms with Crippen LogP contribution in [0.4, 0.5) is 0 Å². The Balaban J connectivity index is 2.51. The fraction of sp³-hybridized carbons (Fsp3) is 0.600. The minimum atomic E-state index is -0.865. The van der Waals surface area contributed by atoms with E-state index in [9.17, 15) is 4.79 Å². The summed E-state index contributed by atoms with van der Waals surface area (Å²) in [5.41, 5.74) is 0.731. The molecule has 0 atom stereocenters. The van der Waals surface area contributed by atoms with Gasteiger partial charge in [-0.15, -0.1) is 0 Å². The van der Waals surface area contributed by atoms with Crippen LogP contribution in [0, 0.1) is 6.92 Å². The summed E-state index contributed by atoms with van der Waals surface area (Å²) in [7, 11) is 1.58. The Bertz CT molecular complexity index is 337. The number of carbonyl (C=O) groups is 1. The van der Waals surface area contributed by atoms with Gasteiger partial charge in [-0.1, -0.05) is 5.16 Å². The monoisotopic (exact) mass is 228 g/mol. The van der Waals surface area contributed by atoms with Crippen LogP contribution in [0.5, 0.6) is 0 Å². The molecule has 0 amide bonds. The summed E-state index contributed by atoms with van der Waals surface area (Å²) in [6.45, 7) is 3.26. The highest BCUT2D eigenvalue weighted by atomic mass is 16.5. The van der Waals surface area contributed by atoms with Gasteiger partial charge in [0.1, 0.15) is 5.76 Å². The summed E-state index contributed by atoms with van der Waals surface area (Å²) in [6, 6.07) is 1.79. The highest BCUT2D eigenvalue weighted by Crippen LogP contribution is 2.05. The molecule has 0 aliphatic heterocycles. The lowest BCUT2D eigenvalue weighted by Crippen LogP contribution is -2.32. The molecule has 0 aliphatic rings. The Morgan fingerprint density at radius 3 is 2.94 bits per heavy atom. The van der Waals surface area contributed by atoms with Gasteiger partial charge in [-0.3, -0.25) is 9.69 Å². The second kappa shape index (κ2) is 6.24. The third-order valence-electron chi connectivity index (χ3n) is 2.03. The van der Waals surface area contributed by atoms with Crippen LogP contribution in [-0.2, 0) is 16.1 Å². The van der Waals surface area contributed by atoms with Gasteiger partial charge < -0.3 is 14.4 Å². The molecule has 1 heterocycles. The molecule has 6 heteroatoms. The maximum absolute atomic E-state index is 10.6. The first-order valence-electron chi connectivity index (χ1n) is 4.97. The zero-order valence-electron chi connectivity index (χ0n) is 9.47. The molecule has 16 heavy (non-hydrogen) atoms. The Morgan fingerprint density at radius 2 is 2.44 bits per heavy atom. The van der Waals surface area contributed by atoms with Gasteiger partial charge in [-0.05, 0) is 6.92 Å². The summed E-state index contributed by atoms with van der Waals surface area (Å²) in [4.78, 5) is 12.4. The van der Waals surface area contributed by atoms with Crippen molar-refractivity contribution in [3.05, 3.63) is 17.5 Å². The molecule has 1 rings (SSSR count). The van der Waals surface area contributed by atoms with E-state index in [-0.39, 0.29) is 6.54 Å². The molecular formula is C10H16N2O4. The smallest absolute Gasteiger partial charge is 0.317 e. The Kier molecular flexibility index (Phi) is 4.94. The van der Waals surface area contributed by atoms with Gasteiger partial charge in [0.15, 0.2) is 0 Å². The SMILES string of the molecule is COCCN(CC(=O)O)Cc1cc(C)on1. The third-order valence-corrected chi connectivity index (χ3v) is 2.03. The molecule has 6 nitrogen and oxygen atoms in total. The summed E-state index contributed by atoms with van der Waals surface area (Å²) in [5, 5.41) is 12.6. The molecule has 0 saturated heterocycles. The maximum atomic E-state index is 10.6. The number of ether oxygens (including phenoxy) is 1. The van der Waals surface area contributed by atoms with Crippen LogP contribution >= 0.6 is 0 Å². The number of hydrogen-bond donors (Lipinski definition) is 1. The van der Waals surface area contributed by atoms with Crippen LogP contribution in [0.25, 0.3) is 0 Å². The van der Waals surface area contributed by atoms with Crippen molar-refractivity contribution in [1.29, 1.82) is 0 Å². The van der Waals surface area contributed by atoms with Gasteiger partial charge in [-0.25, -0.2) is 0 Å². The van der Waals surface area contributed by atoms with Crippen molar-refractivity contribution in [2.45, 2.75) is 13.5 Å². The van der Waals surface area contributed by atoms with Crippen LogP contribution < -0.4 is 0 Å². The number of aliphatic carboxylic acids is 1. The summed E-state index contributed by atoms with van der Waals surface area (Å²) < 4.78 is 9.84. The lowest BCUT2D eigenvalue weighted by atomic mass is 10.3. The van der Waals surface area contributed by atoms with E-state index in [1.165, 1.54) is 0 Å². The predicted octanol–water partition coefficient (Wildman–Crippen LogP) is 0.516. The van der Waals surface area contributed by atoms with E-state index >= 15 is 0 Å². The van der Waals surface area contributed by atoms with Crippen molar-refractivity contribution in [2.24, 2.45) is 0 Å². The van der Waals surface area contributed by atoms with Gasteiger partial charge in [0, 0.05) is 26.3 Å². The Labute approximate surface area is 93.8 Å². The van der Waals surface area contributed by atoms with Crippen LogP contribution in [0.3, 0.4) is 0 Å². The molecule has 90 valence electrons. The predicted molar refractivity (Wildman–Crippen MR) is 56.0 cm³/mol. The Morgan fingerprint density at radius 1 is 1.69 bits per heavy atom. The number of aromatic nitrogens is 1. The van der Waals surface area contributed by atoms with E-state index < -0.39 is 5.97 Å². The molecule has 0 aromatic carbocycles. The van der Waals surface area contributed by atoms with Gasteiger partial charge in [0.25, 0.3) is 0 Å². The van der Waals surface area contributed by atoms with Gasteiger partial charge in [-0.2, -0.15) is 0 Å². The molecule has 0 unspecified atom stereocenters. The number of aryl methyl sites for hydroxylation is 1. The molecule has 1 aromatic rings. The number of hydrogen-bond acceptors (Lipinski definition) is 5. The van der Waals surface area contributed by atoms with E-state index in [2.05, 4.69) is 5.16 Å². The largest absolute Gasteiger partial charge is 0.480 e. The molecule has 1 N–H and O–H groups in total. The average molecular weight is 228 g/mol. The molecule has 1 aromatic heterocycles. The normalized spacial score (nSPS) is 10.9. The minimum Gasteiger partial charge on any atom is -0.480 e. The number of rotatable bonds is 7. The van der Waals surface area contributed by atoms with E-state index in [0.29, 0.717) is 19.7 Å². The first kappa shape index (κ1) is 12.7. The number of methoxy groups -OCH3 is 1. The van der Waals surface area contributed by atoms with Gasteiger partial charge >= 0.3 is 5.97 Å². The highest BCUT2D eigenvalue weighted by Gasteiger charge is 2.12. The van der Waals surface area contributed by atoms with Crippen LogP contribution in [-0.4, -0.2) is 47.9 Å². The fourth-order valence-electron chi connectivity index (χ4n) is 1.35. The zero-order valence-corrected chi connectivity index (χ0v) is 9.47. The number of carboxylic acids is 1. The highest BCUT2D eigenvalue weighted by molar-refractivity contribution is 5.69. The second-order valence-corrected chi connectivity index (χ2v) is 3.53. The van der Waals surface area contributed by atoms with E-state index in [0.717, 1.165) is 11.5 Å². The standard InChI is InChI=1S/C10H16N2O4/c1-8-5-9(11-16-8)6-12(3-4-15-2)7-10(13)14/h5H,3-4,6-7H2,1-2H3,(H,13,14). The maximum Gasteiger partial charge on any atom is 0.317 e. The van der Waals surface area contributed by atoms with Crippen molar-refractivity contribution in [2.75, 3.05) is 26.8 Å². The van der Waals surface area contributed by atoms with Crippen molar-refractivity contribution in [1.82, 2.24) is 10.1 Å². The second-order valence-electron chi connectivity index (χ2n) is 3.53. The van der Waals surface area contributed by atoms with E-state index in [1.54, 1.807) is 25.0 Å². The van der Waals surface area contributed by atoms with Crippen LogP contribution in [0.1, 0.15) is 11.5 Å². The first-order valence-corrected chi connectivity index (χ1v) is 4.97. The zero-order chi connectivity index (χ0) is 12.0. The van der Waals surface area contributed by atoms with Crippen LogP contribution in [0.2, 0.25) is 0 Å². The molecule has 0 fully saturated rings. The topological polar surface area (TPSA) is 75.8 Å². The number of nitrogens with zero attached hydrogens (tertiary/aromatic N) is 2. The lowest BCUT2D eigenvalue weighted by molar-refractivity contribution is -0.138. The summed E-state index contributed by atoms with van der Waals surface area (Å²) in [5.74, 6) is -0.145. The lowest BCUT2D eigenvalue weighted by Gasteiger charge is -2.17. The molecule has 0 aliphatic carbocycles. The van der Waals surface area contributed by atoms with Gasteiger partial charge in [0.2, 0.25) is 0 Å². The molecule has 0 radical (unpaired) electrons. The molecule has 0 spiro atoms. The fourth-order valence-corrected chi connectivity index (χ4v) is 1.35. The van der Waals surface area contributed by atoms with Crippen molar-refractivity contribution in [3.63, 3.8) is 0 Å². The van der Waals surface area contributed by atoms with Crippen molar-refractivity contribution < 1.29 is 19.2 Å². The third kappa shape index (κ3) is 4.41. The van der Waals surface area contributed by atoms with Crippen molar-refractivity contribution in [3.8, 4) is 0 Å².